The fourth-order valence-corrected chi connectivity index (χ4v) is 4.53. The second-order valence-corrected chi connectivity index (χ2v) is 8.74. The fraction of sp³-hybridized carbons (Fsp3) is 0.179. The molecule has 1 fully saturated rings. The first-order chi connectivity index (χ1) is 17.9. The number of nitro benzene ring substituents is 1. The smallest absolute Gasteiger partial charge is 0.295 e. The number of fused-ring (bicyclic) bond motifs is 1. The lowest BCUT2D eigenvalue weighted by molar-refractivity contribution is -0.384. The maximum Gasteiger partial charge on any atom is 0.295 e. The van der Waals surface area contributed by atoms with Gasteiger partial charge in [0.25, 0.3) is 11.2 Å². The van der Waals surface area contributed by atoms with Gasteiger partial charge in [0.05, 0.1) is 29.2 Å². The molecule has 9 nitrogen and oxygen atoms in total. The van der Waals surface area contributed by atoms with Crippen LogP contribution in [0.1, 0.15) is 22.8 Å². The first-order valence-corrected chi connectivity index (χ1v) is 11.8. The number of hydrogen-bond donors (Lipinski definition) is 0. The van der Waals surface area contributed by atoms with Crippen LogP contribution in [0.15, 0.2) is 72.0 Å². The van der Waals surface area contributed by atoms with E-state index in [4.69, 9.17) is 4.74 Å². The number of hydrogen-bond acceptors (Lipinski definition) is 7. The molecule has 4 aromatic rings. The highest BCUT2D eigenvalue weighted by Crippen LogP contribution is 2.31. The normalized spacial score (nSPS) is 13.5. The Kier molecular flexibility index (Phi) is 6.37. The molecule has 0 saturated carbocycles. The molecule has 186 valence electrons. The van der Waals surface area contributed by atoms with Gasteiger partial charge in [0.2, 0.25) is 0 Å². The molecule has 5 rings (SSSR count). The summed E-state index contributed by atoms with van der Waals surface area (Å²) in [6.07, 6.45) is 1.63. The Bertz CT molecular complexity index is 1620. The molecular weight excluding hydrogens is 472 g/mol. The van der Waals surface area contributed by atoms with Gasteiger partial charge in [-0.3, -0.25) is 19.7 Å². The summed E-state index contributed by atoms with van der Waals surface area (Å²) >= 11 is 0. The number of morpholine rings is 1. The molecule has 1 aromatic heterocycles. The van der Waals surface area contributed by atoms with E-state index in [2.05, 4.69) is 16.6 Å². The van der Waals surface area contributed by atoms with Gasteiger partial charge in [-0.2, -0.15) is 9.78 Å². The van der Waals surface area contributed by atoms with Crippen molar-refractivity contribution in [2.45, 2.75) is 6.92 Å². The SMILES string of the molecule is C=Cc1cc(C(C)=O)cc(-c2nn(-c3cc(N4CCOCC4)ccc3[N+](=O)[O-])c(=O)c3ccccc23)c1. The highest BCUT2D eigenvalue weighted by molar-refractivity contribution is 5.99. The standard InChI is InChI=1S/C28H24N4O5/c1-3-19-14-20(18(2)33)16-21(15-19)27-23-6-4-5-7-24(23)28(34)31(29-27)26-17-22(8-9-25(26)32(35)36)30-10-12-37-13-11-30/h3-9,14-17H,1,10-13H2,2H3. The summed E-state index contributed by atoms with van der Waals surface area (Å²) < 4.78 is 6.52. The van der Waals surface area contributed by atoms with Crippen LogP contribution >= 0.6 is 0 Å². The zero-order valence-electron chi connectivity index (χ0n) is 20.2. The molecule has 1 aliphatic rings. The van der Waals surface area contributed by atoms with Gasteiger partial charge in [-0.15, -0.1) is 0 Å². The number of nitro groups is 1. The second-order valence-electron chi connectivity index (χ2n) is 8.74. The maximum atomic E-state index is 13.6. The molecule has 0 amide bonds. The quantitative estimate of drug-likeness (QED) is 0.217. The van der Waals surface area contributed by atoms with Crippen LogP contribution in [0, 0.1) is 10.1 Å². The van der Waals surface area contributed by atoms with Crippen molar-refractivity contribution in [3.63, 3.8) is 0 Å². The molecule has 37 heavy (non-hydrogen) atoms. The van der Waals surface area contributed by atoms with E-state index in [0.29, 0.717) is 59.5 Å². The summed E-state index contributed by atoms with van der Waals surface area (Å²) in [7, 11) is 0. The summed E-state index contributed by atoms with van der Waals surface area (Å²) in [6.45, 7) is 7.64. The first kappa shape index (κ1) is 24.1. The van der Waals surface area contributed by atoms with E-state index in [9.17, 15) is 19.7 Å². The first-order valence-electron chi connectivity index (χ1n) is 11.8. The zero-order valence-corrected chi connectivity index (χ0v) is 20.2. The minimum absolute atomic E-state index is 0.0673. The number of Topliss-reactive ketones (excluding diaryl/α,β-unsaturated/α-hetero) is 1. The summed E-state index contributed by atoms with van der Waals surface area (Å²) in [4.78, 5) is 39.4. The molecule has 1 saturated heterocycles. The third-order valence-corrected chi connectivity index (χ3v) is 6.44. The van der Waals surface area contributed by atoms with E-state index in [-0.39, 0.29) is 17.2 Å². The van der Waals surface area contributed by atoms with Crippen molar-refractivity contribution in [1.82, 2.24) is 9.78 Å². The Labute approximate surface area is 212 Å². The van der Waals surface area contributed by atoms with Crippen LogP contribution in [0.3, 0.4) is 0 Å². The Morgan fingerprint density at radius 3 is 2.49 bits per heavy atom. The van der Waals surface area contributed by atoms with Crippen LogP contribution < -0.4 is 10.5 Å². The maximum absolute atomic E-state index is 13.6. The summed E-state index contributed by atoms with van der Waals surface area (Å²) in [5, 5.41) is 17.6. The van der Waals surface area contributed by atoms with Gasteiger partial charge in [0, 0.05) is 41.4 Å². The molecular formula is C28H24N4O5. The summed E-state index contributed by atoms with van der Waals surface area (Å²) in [6, 6.07) is 16.9. The molecule has 1 aliphatic heterocycles. The Balaban J connectivity index is 1.81. The number of anilines is 1. The van der Waals surface area contributed by atoms with Gasteiger partial charge in [-0.25, -0.2) is 0 Å². The van der Waals surface area contributed by atoms with Crippen molar-refractivity contribution >= 4 is 34.0 Å². The van der Waals surface area contributed by atoms with Crippen molar-refractivity contribution in [3.8, 4) is 16.9 Å². The number of aromatic nitrogens is 2. The predicted octanol–water partition coefficient (Wildman–Crippen LogP) is 4.64. The largest absolute Gasteiger partial charge is 0.378 e. The number of rotatable bonds is 6. The number of carbonyl (C=O) groups excluding carboxylic acids is 1. The molecule has 0 atom stereocenters. The molecule has 0 unspecified atom stereocenters. The van der Waals surface area contributed by atoms with E-state index in [1.807, 2.05) is 6.07 Å². The Morgan fingerprint density at radius 2 is 1.81 bits per heavy atom. The van der Waals surface area contributed by atoms with Gasteiger partial charge in [0.1, 0.15) is 5.69 Å². The lowest BCUT2D eigenvalue weighted by Crippen LogP contribution is -2.36. The third-order valence-electron chi connectivity index (χ3n) is 6.44. The number of ether oxygens (including phenoxy) is 1. The van der Waals surface area contributed by atoms with Crippen LogP contribution in [0.4, 0.5) is 11.4 Å². The molecule has 9 heteroatoms. The van der Waals surface area contributed by atoms with Gasteiger partial charge in [-0.1, -0.05) is 30.9 Å². The van der Waals surface area contributed by atoms with E-state index in [1.54, 1.807) is 54.6 Å². The number of carbonyl (C=O) groups is 1. The average molecular weight is 497 g/mol. The second kappa shape index (κ2) is 9.79. The van der Waals surface area contributed by atoms with Crippen LogP contribution in [-0.4, -0.2) is 46.8 Å². The highest BCUT2D eigenvalue weighted by Gasteiger charge is 2.23. The number of nitrogens with zero attached hydrogens (tertiary/aromatic N) is 4. The van der Waals surface area contributed by atoms with Crippen LogP contribution in [0.2, 0.25) is 0 Å². The van der Waals surface area contributed by atoms with Crippen LogP contribution in [0.25, 0.3) is 33.8 Å². The molecule has 3 aromatic carbocycles. The van der Waals surface area contributed by atoms with Crippen molar-refractivity contribution in [1.29, 1.82) is 0 Å². The molecule has 2 heterocycles. The monoisotopic (exact) mass is 496 g/mol. The Hall–Kier alpha value is -4.63. The molecule has 0 bridgehead atoms. The summed E-state index contributed by atoms with van der Waals surface area (Å²) in [5.74, 6) is -0.128. The number of ketones is 1. The Morgan fingerprint density at radius 1 is 1.08 bits per heavy atom. The zero-order chi connectivity index (χ0) is 26.1. The topological polar surface area (TPSA) is 108 Å². The minimum Gasteiger partial charge on any atom is -0.378 e. The highest BCUT2D eigenvalue weighted by atomic mass is 16.6. The van der Waals surface area contributed by atoms with Crippen molar-refractivity contribution in [2.24, 2.45) is 0 Å². The van der Waals surface area contributed by atoms with Crippen molar-refractivity contribution in [2.75, 3.05) is 31.2 Å². The van der Waals surface area contributed by atoms with Crippen LogP contribution in [-0.2, 0) is 4.74 Å². The summed E-state index contributed by atoms with van der Waals surface area (Å²) in [5.41, 5.74) is 2.29. The van der Waals surface area contributed by atoms with Crippen molar-refractivity contribution < 1.29 is 14.5 Å². The molecule has 0 radical (unpaired) electrons. The minimum atomic E-state index is -0.520. The predicted molar refractivity (Wildman–Crippen MR) is 143 cm³/mol. The van der Waals surface area contributed by atoms with Gasteiger partial charge in [-0.05, 0) is 48.9 Å². The molecule has 0 spiro atoms. The van der Waals surface area contributed by atoms with Crippen LogP contribution in [0.5, 0.6) is 0 Å². The lowest BCUT2D eigenvalue weighted by atomic mass is 9.98. The van der Waals surface area contributed by atoms with Crippen molar-refractivity contribution in [3.05, 3.63) is 98.8 Å². The molecule has 0 N–H and O–H groups in total. The third kappa shape index (κ3) is 4.52. The van der Waals surface area contributed by atoms with Gasteiger partial charge < -0.3 is 9.64 Å². The van der Waals surface area contributed by atoms with Gasteiger partial charge in [0.15, 0.2) is 5.78 Å². The van der Waals surface area contributed by atoms with E-state index >= 15 is 0 Å². The lowest BCUT2D eigenvalue weighted by Gasteiger charge is -2.29. The fourth-order valence-electron chi connectivity index (χ4n) is 4.53. The van der Waals surface area contributed by atoms with E-state index in [1.165, 1.54) is 13.0 Å². The number of benzene rings is 3. The van der Waals surface area contributed by atoms with E-state index < -0.39 is 10.5 Å². The van der Waals surface area contributed by atoms with Gasteiger partial charge >= 0.3 is 0 Å². The molecule has 0 aliphatic carbocycles. The average Bonchev–Trinajstić information content (AvgIpc) is 2.93. The van der Waals surface area contributed by atoms with E-state index in [0.717, 1.165) is 10.4 Å².